The van der Waals surface area contributed by atoms with Crippen LogP contribution in [0, 0.1) is 0 Å². The number of thioether (sulfide) groups is 1. The number of nitrogens with zero attached hydrogens (tertiary/aromatic N) is 2. The molecule has 0 saturated carbocycles. The fourth-order valence-corrected chi connectivity index (χ4v) is 5.31. The van der Waals surface area contributed by atoms with E-state index in [1.165, 1.54) is 30.0 Å². The lowest BCUT2D eigenvalue weighted by atomic mass is 10.1. The van der Waals surface area contributed by atoms with Crippen molar-refractivity contribution in [1.29, 1.82) is 0 Å². The average Bonchev–Trinajstić information content (AvgIpc) is 3.49. The minimum absolute atomic E-state index is 0.0491. The van der Waals surface area contributed by atoms with Crippen LogP contribution in [0.5, 0.6) is 0 Å². The Morgan fingerprint density at radius 3 is 2.78 bits per heavy atom. The molecule has 9 heteroatoms. The number of nitrogens with one attached hydrogen (secondary N) is 2. The number of ether oxygens (including phenoxy) is 1. The van der Waals surface area contributed by atoms with E-state index in [4.69, 9.17) is 4.74 Å². The average molecular weight is 469 g/mol. The highest BCUT2D eigenvalue weighted by atomic mass is 32.2. The quantitative estimate of drug-likeness (QED) is 0.344. The number of aromatic nitrogens is 2. The Kier molecular flexibility index (Phi) is 7.51. The fraction of sp³-hybridized carbons (Fsp3) is 0.304. The second kappa shape index (κ2) is 10.7. The van der Waals surface area contributed by atoms with Gasteiger partial charge in [-0.15, -0.1) is 10.2 Å². The maximum absolute atomic E-state index is 13.2. The van der Waals surface area contributed by atoms with Crippen molar-refractivity contribution in [2.45, 2.75) is 35.5 Å². The molecule has 0 aliphatic carbocycles. The Labute approximate surface area is 195 Å². The van der Waals surface area contributed by atoms with Gasteiger partial charge in [-0.25, -0.2) is 0 Å². The van der Waals surface area contributed by atoms with Crippen molar-refractivity contribution >= 4 is 45.6 Å². The smallest absolute Gasteiger partial charge is 0.242 e. The molecule has 0 spiro atoms. The van der Waals surface area contributed by atoms with Crippen molar-refractivity contribution in [3.63, 3.8) is 0 Å². The van der Waals surface area contributed by atoms with E-state index >= 15 is 0 Å². The van der Waals surface area contributed by atoms with E-state index in [9.17, 15) is 9.59 Å². The van der Waals surface area contributed by atoms with Crippen molar-refractivity contribution in [1.82, 2.24) is 10.2 Å². The maximum Gasteiger partial charge on any atom is 0.242 e. The first kappa shape index (κ1) is 22.4. The zero-order valence-corrected chi connectivity index (χ0v) is 19.2. The number of carbonyl (C=O) groups is 2. The number of Topliss-reactive ketones (excluding diaryl/α,β-unsaturated/α-hetero) is 1. The van der Waals surface area contributed by atoms with Crippen molar-refractivity contribution in [2.75, 3.05) is 23.8 Å². The second-order valence-corrected chi connectivity index (χ2v) is 9.75. The van der Waals surface area contributed by atoms with E-state index in [1.807, 2.05) is 30.3 Å². The first-order valence-electron chi connectivity index (χ1n) is 10.4. The molecule has 1 aromatic heterocycles. The monoisotopic (exact) mass is 468 g/mol. The molecule has 2 heterocycles. The number of rotatable bonds is 9. The fourth-order valence-electron chi connectivity index (χ4n) is 3.36. The van der Waals surface area contributed by atoms with Crippen LogP contribution >= 0.6 is 23.1 Å². The predicted molar refractivity (Wildman–Crippen MR) is 127 cm³/mol. The number of amides is 1. The van der Waals surface area contributed by atoms with Gasteiger partial charge in [-0.3, -0.25) is 9.59 Å². The van der Waals surface area contributed by atoms with Crippen LogP contribution in [-0.2, 0) is 9.53 Å². The zero-order chi connectivity index (χ0) is 22.3. The summed E-state index contributed by atoms with van der Waals surface area (Å²) in [4.78, 5) is 24.9. The Morgan fingerprint density at radius 2 is 2.03 bits per heavy atom. The van der Waals surface area contributed by atoms with Crippen molar-refractivity contribution in [3.05, 3.63) is 65.7 Å². The second-order valence-electron chi connectivity index (χ2n) is 7.42. The predicted octanol–water partition coefficient (Wildman–Crippen LogP) is 4.80. The number of anilines is 2. The molecule has 32 heavy (non-hydrogen) atoms. The molecule has 1 fully saturated rings. The Bertz CT molecular complexity index is 1070. The zero-order valence-electron chi connectivity index (χ0n) is 17.6. The third kappa shape index (κ3) is 5.93. The molecule has 4 rings (SSSR count). The summed E-state index contributed by atoms with van der Waals surface area (Å²) in [5, 5.41) is 14.9. The van der Waals surface area contributed by atoms with Crippen LogP contribution in [0.3, 0.4) is 0 Å². The molecule has 1 aliphatic rings. The third-order valence-corrected chi connectivity index (χ3v) is 7.23. The standard InChI is InChI=1S/C23H24N4O3S2/c1-15(28)17-9-5-10-18(13-17)25-21(29)20(16-7-3-2-4-8-16)31-23-27-26-22(32-23)24-14-19-11-6-12-30-19/h2-5,7-10,13,19-20H,6,11-12,14H2,1H3,(H,24,26)(H,25,29). The summed E-state index contributed by atoms with van der Waals surface area (Å²) in [5.74, 6) is -0.238. The molecule has 2 atom stereocenters. The lowest BCUT2D eigenvalue weighted by molar-refractivity contribution is -0.115. The Balaban J connectivity index is 1.47. The van der Waals surface area contributed by atoms with Gasteiger partial charge in [0.05, 0.1) is 6.10 Å². The van der Waals surface area contributed by atoms with Gasteiger partial charge in [0, 0.05) is 24.4 Å². The van der Waals surface area contributed by atoms with Gasteiger partial charge >= 0.3 is 0 Å². The van der Waals surface area contributed by atoms with E-state index in [1.54, 1.807) is 24.3 Å². The van der Waals surface area contributed by atoms with Crippen molar-refractivity contribution < 1.29 is 14.3 Å². The summed E-state index contributed by atoms with van der Waals surface area (Å²) in [6.45, 7) is 3.02. The van der Waals surface area contributed by atoms with Gasteiger partial charge in [0.25, 0.3) is 0 Å². The number of benzene rings is 2. The number of hydrogen-bond acceptors (Lipinski definition) is 8. The van der Waals surface area contributed by atoms with Crippen molar-refractivity contribution in [2.24, 2.45) is 0 Å². The number of carbonyl (C=O) groups excluding carboxylic acids is 2. The van der Waals surface area contributed by atoms with Gasteiger partial charge in [-0.1, -0.05) is 65.6 Å². The summed E-state index contributed by atoms with van der Waals surface area (Å²) in [6, 6.07) is 16.5. The van der Waals surface area contributed by atoms with Gasteiger partial charge in [-0.05, 0) is 37.5 Å². The van der Waals surface area contributed by atoms with Crippen molar-refractivity contribution in [3.8, 4) is 0 Å². The SMILES string of the molecule is CC(=O)c1cccc(NC(=O)C(Sc2nnc(NCC3CCCO3)s2)c2ccccc2)c1. The van der Waals surface area contributed by atoms with E-state index < -0.39 is 5.25 Å². The van der Waals surface area contributed by atoms with Gasteiger partial charge < -0.3 is 15.4 Å². The van der Waals surface area contributed by atoms with Gasteiger partial charge in [0.2, 0.25) is 11.0 Å². The van der Waals surface area contributed by atoms with Crippen LogP contribution in [0.1, 0.15) is 40.9 Å². The van der Waals surface area contributed by atoms with E-state index in [-0.39, 0.29) is 17.8 Å². The molecule has 3 aromatic rings. The highest BCUT2D eigenvalue weighted by molar-refractivity contribution is 8.02. The lowest BCUT2D eigenvalue weighted by Gasteiger charge is -2.16. The molecule has 2 unspecified atom stereocenters. The van der Waals surface area contributed by atoms with Gasteiger partial charge in [0.15, 0.2) is 10.1 Å². The molecule has 7 nitrogen and oxygen atoms in total. The molecule has 166 valence electrons. The summed E-state index contributed by atoms with van der Waals surface area (Å²) >= 11 is 2.77. The first-order chi connectivity index (χ1) is 15.6. The first-order valence-corrected chi connectivity index (χ1v) is 12.1. The summed E-state index contributed by atoms with van der Waals surface area (Å²) in [5.41, 5.74) is 2.00. The largest absolute Gasteiger partial charge is 0.376 e. The van der Waals surface area contributed by atoms with E-state index in [0.29, 0.717) is 27.3 Å². The molecule has 2 aromatic carbocycles. The van der Waals surface area contributed by atoms with Crippen LogP contribution in [0.25, 0.3) is 0 Å². The minimum atomic E-state index is -0.517. The van der Waals surface area contributed by atoms with Crippen LogP contribution in [0.4, 0.5) is 10.8 Å². The summed E-state index contributed by atoms with van der Waals surface area (Å²) in [6.07, 6.45) is 2.35. The topological polar surface area (TPSA) is 93.2 Å². The lowest BCUT2D eigenvalue weighted by Crippen LogP contribution is -2.19. The minimum Gasteiger partial charge on any atom is -0.376 e. The van der Waals surface area contributed by atoms with Crippen LogP contribution in [0.15, 0.2) is 58.9 Å². The number of ketones is 1. The number of hydrogen-bond donors (Lipinski definition) is 2. The Hall–Kier alpha value is -2.75. The molecular weight excluding hydrogens is 444 g/mol. The third-order valence-electron chi connectivity index (χ3n) is 5.01. The van der Waals surface area contributed by atoms with Crippen LogP contribution in [-0.4, -0.2) is 41.1 Å². The van der Waals surface area contributed by atoms with Crippen LogP contribution < -0.4 is 10.6 Å². The highest BCUT2D eigenvalue weighted by Gasteiger charge is 2.24. The molecule has 0 bridgehead atoms. The van der Waals surface area contributed by atoms with Gasteiger partial charge in [-0.2, -0.15) is 0 Å². The summed E-state index contributed by atoms with van der Waals surface area (Å²) in [7, 11) is 0. The summed E-state index contributed by atoms with van der Waals surface area (Å²) < 4.78 is 6.33. The Morgan fingerprint density at radius 1 is 1.19 bits per heavy atom. The highest BCUT2D eigenvalue weighted by Crippen LogP contribution is 2.38. The molecule has 0 radical (unpaired) electrons. The van der Waals surface area contributed by atoms with Gasteiger partial charge in [0.1, 0.15) is 5.25 Å². The molecular formula is C23H24N4O3S2. The maximum atomic E-state index is 13.2. The van der Waals surface area contributed by atoms with E-state index in [2.05, 4.69) is 20.8 Å². The molecule has 2 N–H and O–H groups in total. The molecule has 1 saturated heterocycles. The molecule has 1 amide bonds. The van der Waals surface area contributed by atoms with Crippen LogP contribution in [0.2, 0.25) is 0 Å². The normalized spacial score (nSPS) is 16.5. The van der Waals surface area contributed by atoms with E-state index in [0.717, 1.165) is 25.0 Å². The molecule has 1 aliphatic heterocycles.